The summed E-state index contributed by atoms with van der Waals surface area (Å²) in [5, 5.41) is 18.2. The molecule has 3 rings (SSSR count). The molecule has 0 spiro atoms. The van der Waals surface area contributed by atoms with E-state index < -0.39 is 16.7 Å². The van der Waals surface area contributed by atoms with E-state index in [-0.39, 0.29) is 28.6 Å². The normalized spacial score (nSPS) is 20.6. The van der Waals surface area contributed by atoms with Crippen LogP contribution in [0, 0.1) is 11.3 Å². The molecule has 1 fully saturated rings. The number of carbonyl (C=O) groups excluding carboxylic acids is 1. The fraction of sp³-hybridized carbons (Fsp3) is 0.435. The quantitative estimate of drug-likeness (QED) is 0.329. The van der Waals surface area contributed by atoms with Crippen molar-refractivity contribution in [1.29, 1.82) is 5.41 Å². The third-order valence-electron chi connectivity index (χ3n) is 5.41. The number of hydrogen-bond donors (Lipinski definition) is 4. The first-order valence-electron chi connectivity index (χ1n) is 11.2. The first-order chi connectivity index (χ1) is 16.3. The minimum atomic E-state index is -1.08. The van der Waals surface area contributed by atoms with Gasteiger partial charge in [0.25, 0.3) is 0 Å². The second-order valence-corrected chi connectivity index (χ2v) is 10.3. The van der Waals surface area contributed by atoms with Crippen molar-refractivity contribution in [2.45, 2.75) is 43.8 Å². The Morgan fingerprint density at radius 1 is 1.38 bits per heavy atom. The minimum Gasteiger partial charge on any atom is -0.413 e. The highest BCUT2D eigenvalue weighted by molar-refractivity contribution is 7.85. The fourth-order valence-electron chi connectivity index (χ4n) is 3.47. The second kappa shape index (κ2) is 11.8. The summed E-state index contributed by atoms with van der Waals surface area (Å²) in [5.41, 5.74) is 4.04. The van der Waals surface area contributed by atoms with Gasteiger partial charge in [-0.25, -0.2) is 15.4 Å². The maximum Gasteiger partial charge on any atom is 0.308 e. The van der Waals surface area contributed by atoms with Crippen molar-refractivity contribution in [1.82, 2.24) is 16.1 Å². The van der Waals surface area contributed by atoms with Crippen LogP contribution in [0.1, 0.15) is 39.2 Å². The fourth-order valence-corrected chi connectivity index (χ4v) is 4.42. The summed E-state index contributed by atoms with van der Waals surface area (Å²) < 4.78 is 17.9. The smallest absolute Gasteiger partial charge is 0.308 e. The molecule has 2 unspecified atom stereocenters. The molecule has 4 N–H and O–H groups in total. The van der Waals surface area contributed by atoms with Crippen LogP contribution < -0.4 is 16.1 Å². The number of amidine groups is 1. The number of hydrazone groups is 1. The van der Waals surface area contributed by atoms with Gasteiger partial charge in [-0.1, -0.05) is 26.0 Å². The lowest BCUT2D eigenvalue weighted by Crippen LogP contribution is -2.40. The molecule has 2 heterocycles. The van der Waals surface area contributed by atoms with Gasteiger partial charge in [0.1, 0.15) is 0 Å². The summed E-state index contributed by atoms with van der Waals surface area (Å²) in [6.45, 7) is 11.4. The van der Waals surface area contributed by atoms with E-state index in [9.17, 15) is 9.00 Å². The Hall–Kier alpha value is -3.18. The van der Waals surface area contributed by atoms with Gasteiger partial charge >= 0.3 is 11.8 Å². The topological polar surface area (TPSA) is 140 Å². The van der Waals surface area contributed by atoms with Crippen LogP contribution in [-0.2, 0) is 20.3 Å². The van der Waals surface area contributed by atoms with Crippen LogP contribution in [0.5, 0.6) is 0 Å². The zero-order valence-electron chi connectivity index (χ0n) is 19.7. The molecule has 0 saturated carbocycles. The van der Waals surface area contributed by atoms with Crippen LogP contribution in [0.15, 0.2) is 55.8 Å². The third-order valence-corrected chi connectivity index (χ3v) is 7.00. The average Bonchev–Trinajstić information content (AvgIpc) is 3.35. The molecule has 1 amide bonds. The Morgan fingerprint density at radius 2 is 2.12 bits per heavy atom. The molecule has 11 heteroatoms. The number of ether oxygens (including phenoxy) is 1. The van der Waals surface area contributed by atoms with Crippen LogP contribution in [-0.4, -0.2) is 59.2 Å². The Kier molecular flexibility index (Phi) is 8.83. The summed E-state index contributed by atoms with van der Waals surface area (Å²) >= 11 is 0. The summed E-state index contributed by atoms with van der Waals surface area (Å²) in [6, 6.07) is 7.23. The molecule has 0 bridgehead atoms. The van der Waals surface area contributed by atoms with E-state index in [1.165, 1.54) is 0 Å². The van der Waals surface area contributed by atoms with Crippen LogP contribution in [0.4, 0.5) is 0 Å². The van der Waals surface area contributed by atoms with E-state index >= 15 is 0 Å². The Balaban J connectivity index is 1.72. The zero-order chi connectivity index (χ0) is 24.7. The zero-order valence-corrected chi connectivity index (χ0v) is 20.5. The molecular formula is C23H31N7O3S. The van der Waals surface area contributed by atoms with Crippen molar-refractivity contribution in [3.05, 3.63) is 41.4 Å². The molecule has 34 heavy (non-hydrogen) atoms. The predicted molar refractivity (Wildman–Crippen MR) is 135 cm³/mol. The number of hydrogen-bond acceptors (Lipinski definition) is 8. The lowest BCUT2D eigenvalue weighted by molar-refractivity contribution is -0.116. The van der Waals surface area contributed by atoms with E-state index in [0.29, 0.717) is 18.2 Å². The van der Waals surface area contributed by atoms with Crippen molar-refractivity contribution in [2.75, 3.05) is 19.6 Å². The maximum atomic E-state index is 12.5. The first-order valence-corrected chi connectivity index (χ1v) is 12.4. The average molecular weight is 486 g/mol. The van der Waals surface area contributed by atoms with E-state index in [1.54, 1.807) is 19.1 Å². The van der Waals surface area contributed by atoms with Gasteiger partial charge in [-0.15, -0.1) is 5.10 Å². The molecule has 0 aromatic heterocycles. The van der Waals surface area contributed by atoms with Gasteiger partial charge in [0.2, 0.25) is 5.88 Å². The van der Waals surface area contributed by atoms with E-state index in [2.05, 4.69) is 37.9 Å². The van der Waals surface area contributed by atoms with Crippen molar-refractivity contribution < 1.29 is 13.7 Å². The highest BCUT2D eigenvalue weighted by atomic mass is 32.2. The molecular weight excluding hydrogens is 454 g/mol. The Labute approximate surface area is 202 Å². The molecule has 1 aromatic carbocycles. The van der Waals surface area contributed by atoms with Crippen molar-refractivity contribution in [2.24, 2.45) is 21.0 Å². The number of rotatable bonds is 8. The van der Waals surface area contributed by atoms with Gasteiger partial charge in [-0.3, -0.25) is 14.4 Å². The molecule has 2 atom stereocenters. The van der Waals surface area contributed by atoms with Gasteiger partial charge in [0, 0.05) is 22.4 Å². The van der Waals surface area contributed by atoms with Gasteiger partial charge < -0.3 is 15.4 Å². The molecule has 2 aliphatic rings. The molecule has 182 valence electrons. The molecule has 2 aliphatic heterocycles. The van der Waals surface area contributed by atoms with Crippen molar-refractivity contribution >= 4 is 40.9 Å². The predicted octanol–water partition coefficient (Wildman–Crippen LogP) is 1.91. The van der Waals surface area contributed by atoms with Gasteiger partial charge in [-0.05, 0) is 63.2 Å². The number of aliphatic imine (C=N–C) groups is 2. The number of nitrogens with one attached hydrogen (secondary N) is 4. The van der Waals surface area contributed by atoms with Crippen LogP contribution >= 0.6 is 0 Å². The van der Waals surface area contributed by atoms with Gasteiger partial charge in [0.05, 0.1) is 10.8 Å². The number of nitrogens with zero attached hydrogens (tertiary/aromatic N) is 3. The highest BCUT2D eigenvalue weighted by Crippen LogP contribution is 2.17. The van der Waals surface area contributed by atoms with E-state index in [0.717, 1.165) is 36.4 Å². The largest absolute Gasteiger partial charge is 0.413 e. The van der Waals surface area contributed by atoms with Gasteiger partial charge in [-0.2, -0.15) is 0 Å². The van der Waals surface area contributed by atoms with Gasteiger partial charge in [0.15, 0.2) is 11.5 Å². The Bertz CT molecular complexity index is 1050. The number of benzene rings is 1. The molecule has 10 nitrogen and oxygen atoms in total. The van der Waals surface area contributed by atoms with Crippen LogP contribution in [0.3, 0.4) is 0 Å². The number of carbonyl (C=O) groups is 1. The third kappa shape index (κ3) is 6.45. The number of amides is 1. The monoisotopic (exact) mass is 485 g/mol. The molecule has 1 saturated heterocycles. The lowest BCUT2D eigenvalue weighted by Gasteiger charge is -2.22. The lowest BCUT2D eigenvalue weighted by atomic mass is 10.00. The first kappa shape index (κ1) is 25.4. The Morgan fingerprint density at radius 3 is 2.74 bits per heavy atom. The second-order valence-electron chi connectivity index (χ2n) is 8.31. The summed E-state index contributed by atoms with van der Waals surface area (Å²) in [7, 11) is -1.08. The van der Waals surface area contributed by atoms with E-state index in [4.69, 9.17) is 10.1 Å². The molecule has 1 aromatic rings. The van der Waals surface area contributed by atoms with E-state index in [1.807, 2.05) is 26.0 Å². The van der Waals surface area contributed by atoms with Crippen LogP contribution in [0.2, 0.25) is 0 Å². The molecule has 0 aliphatic carbocycles. The SMILES string of the molecule is C=NC(=N)C(N=C(C)c1ccc(S(=O)C(C)C)cc1)=C1NN=C(C(=O)NCC2CCCNC2)O1. The van der Waals surface area contributed by atoms with Crippen molar-refractivity contribution in [3.8, 4) is 0 Å². The highest BCUT2D eigenvalue weighted by Gasteiger charge is 2.26. The van der Waals surface area contributed by atoms with Crippen LogP contribution in [0.25, 0.3) is 0 Å². The standard InChI is InChI=1S/C23H31N7O3S/c1-14(2)34(32)18-9-7-17(8-10-18)15(3)28-19(20(24)25-4)22-29-30-23(33-22)21(31)27-13-16-6-5-11-26-12-16/h7-10,14,16,24,26,29H,4-6,11-13H2,1-3H3,(H,27,31). The molecule has 0 radical (unpaired) electrons. The maximum absolute atomic E-state index is 12.5. The van der Waals surface area contributed by atoms with Crippen molar-refractivity contribution in [3.63, 3.8) is 0 Å². The number of piperidine rings is 1. The summed E-state index contributed by atoms with van der Waals surface area (Å²) in [5.74, 6) is -0.433. The summed E-state index contributed by atoms with van der Waals surface area (Å²) in [4.78, 5) is 21.3. The minimum absolute atomic E-state index is 0.0207. The summed E-state index contributed by atoms with van der Waals surface area (Å²) in [6.07, 6.45) is 2.14.